The van der Waals surface area contributed by atoms with Crippen LogP contribution in [0.1, 0.15) is 35.7 Å². The van der Waals surface area contributed by atoms with E-state index in [1.807, 2.05) is 28.7 Å². The molecule has 0 fully saturated rings. The Bertz CT molecular complexity index is 5680. The highest BCUT2D eigenvalue weighted by Crippen LogP contribution is 2.49. The van der Waals surface area contributed by atoms with Gasteiger partial charge < -0.3 is 4.57 Å². The Morgan fingerprint density at radius 2 is 0.943 bits per heavy atom. The van der Waals surface area contributed by atoms with Gasteiger partial charge in [-0.15, -0.1) is 22.7 Å². The number of allylic oxidation sites excluding steroid dienone is 3. The number of benzene rings is 13. The van der Waals surface area contributed by atoms with E-state index in [2.05, 4.69) is 303 Å². The summed E-state index contributed by atoms with van der Waals surface area (Å²) in [4.78, 5) is 0. The molecule has 1 nitrogen and oxygen atoms in total. The Kier molecular flexibility index (Phi) is 12.1. The van der Waals surface area contributed by atoms with Crippen molar-refractivity contribution in [1.29, 1.82) is 0 Å². The summed E-state index contributed by atoms with van der Waals surface area (Å²) in [5.74, 6) is 0. The highest BCUT2D eigenvalue weighted by molar-refractivity contribution is 7.27. The third-order valence-corrected chi connectivity index (χ3v) is 20.8. The van der Waals surface area contributed by atoms with Crippen molar-refractivity contribution >= 4 is 136 Å². The predicted octanol–water partition coefficient (Wildman–Crippen LogP) is 22.6. The summed E-state index contributed by atoms with van der Waals surface area (Å²) in [6, 6.07) is 96.9. The van der Waals surface area contributed by atoms with Crippen molar-refractivity contribution in [3.8, 4) is 50.2 Å². The minimum Gasteiger partial charge on any atom is -0.309 e. The van der Waals surface area contributed by atoms with Crippen LogP contribution in [0.15, 0.2) is 280 Å². The second kappa shape index (κ2) is 20.7. The average molecular weight is 1140 g/mol. The molecule has 0 amide bonds. The number of hydrogen-bond acceptors (Lipinski definition) is 2. The maximum Gasteiger partial charge on any atom is 0.0541 e. The van der Waals surface area contributed by atoms with Gasteiger partial charge >= 0.3 is 0 Å². The lowest BCUT2D eigenvalue weighted by Crippen LogP contribution is -2.26. The molecule has 0 bridgehead atoms. The molecule has 408 valence electrons. The lowest BCUT2D eigenvalue weighted by Gasteiger charge is -2.18. The molecule has 13 aromatic carbocycles. The van der Waals surface area contributed by atoms with Crippen molar-refractivity contribution in [3.63, 3.8) is 0 Å². The van der Waals surface area contributed by atoms with Crippen LogP contribution in [0.2, 0.25) is 0 Å². The fourth-order valence-corrected chi connectivity index (χ4v) is 17.1. The predicted molar refractivity (Wildman–Crippen MR) is 380 cm³/mol. The van der Waals surface area contributed by atoms with E-state index < -0.39 is 0 Å². The number of aromatic nitrogens is 1. The number of rotatable bonds is 8. The highest BCUT2D eigenvalue weighted by atomic mass is 32.1. The van der Waals surface area contributed by atoms with Gasteiger partial charge in [-0.3, -0.25) is 0 Å². The molecule has 3 aromatic heterocycles. The van der Waals surface area contributed by atoms with Crippen molar-refractivity contribution < 1.29 is 0 Å². The number of nitrogens with zero attached hydrogens (tertiary/aromatic N) is 1. The normalized spacial score (nSPS) is 13.2. The molecule has 3 heterocycles. The Hall–Kier alpha value is -10.4. The van der Waals surface area contributed by atoms with Gasteiger partial charge in [0.05, 0.1) is 11.2 Å². The first-order valence-corrected chi connectivity index (χ1v) is 31.6. The molecular weight excluding hydrogens is 1090 g/mol. The van der Waals surface area contributed by atoms with Crippen LogP contribution in [0.3, 0.4) is 0 Å². The van der Waals surface area contributed by atoms with E-state index in [1.165, 1.54) is 166 Å². The minimum absolute atomic E-state index is 0.797. The zero-order valence-corrected chi connectivity index (χ0v) is 49.5. The lowest BCUT2D eigenvalue weighted by molar-refractivity contribution is 1.11. The van der Waals surface area contributed by atoms with Gasteiger partial charge in [-0.05, 0) is 148 Å². The Morgan fingerprint density at radius 3 is 1.64 bits per heavy atom. The summed E-state index contributed by atoms with van der Waals surface area (Å²) in [6.07, 6.45) is 12.3. The minimum atomic E-state index is 0.797. The fraction of sp³-hybridized carbons (Fsp3) is 0.0238. The first-order valence-electron chi connectivity index (χ1n) is 30.0. The van der Waals surface area contributed by atoms with Gasteiger partial charge in [-0.1, -0.05) is 261 Å². The topological polar surface area (TPSA) is 4.93 Å². The molecule has 1 aliphatic carbocycles. The van der Waals surface area contributed by atoms with E-state index in [-0.39, 0.29) is 0 Å². The lowest BCUT2D eigenvalue weighted by atomic mass is 9.86. The van der Waals surface area contributed by atoms with E-state index >= 15 is 0 Å². The van der Waals surface area contributed by atoms with Crippen LogP contribution in [0.25, 0.3) is 163 Å². The van der Waals surface area contributed by atoms with Crippen LogP contribution in [0.5, 0.6) is 0 Å². The standard InChI is InChI=1S/C84H55NS2/c1-3-52-22-8-10-28-60(52)59(4-2)69-37-20-41-73-71-40-19-35-63(82(71)86-83(69)73)57-46-49-78-76(51-57)75-50-56(62-34-18-39-72-74-42-21-38-70(84(74)87-81(62)72)64-36-16-26-53-23-9-11-29-61(53)64)27-17-43-77(75)85(78)58-47-44-55(45-48-58)80-67-32-14-12-30-65(67)79(54-24-6-5-7-25-54)66-31-13-15-33-68(66)80/h3-26,28-51H,2,27H2,1H3. The van der Waals surface area contributed by atoms with Crippen molar-refractivity contribution in [1.82, 2.24) is 4.57 Å². The molecule has 0 radical (unpaired) electrons. The fourth-order valence-electron chi connectivity index (χ4n) is 14.3. The quantitative estimate of drug-likeness (QED) is 0.134. The average Bonchev–Trinajstić information content (AvgIpc) is 2.32. The van der Waals surface area contributed by atoms with Gasteiger partial charge in [-0.2, -0.15) is 0 Å². The Labute approximate surface area is 512 Å². The summed E-state index contributed by atoms with van der Waals surface area (Å²) >= 11 is 3.83. The van der Waals surface area contributed by atoms with Gasteiger partial charge in [0.2, 0.25) is 0 Å². The summed E-state index contributed by atoms with van der Waals surface area (Å²) < 4.78 is 7.71. The molecule has 87 heavy (non-hydrogen) atoms. The van der Waals surface area contributed by atoms with Crippen LogP contribution in [0, 0.1) is 0 Å². The zero-order chi connectivity index (χ0) is 57.7. The van der Waals surface area contributed by atoms with E-state index in [9.17, 15) is 0 Å². The smallest absolute Gasteiger partial charge is 0.0541 e. The highest BCUT2D eigenvalue weighted by Gasteiger charge is 2.24. The molecular formula is C84H55NS2. The molecule has 1 aliphatic rings. The first-order chi connectivity index (χ1) is 43.1. The molecule has 3 heteroatoms. The molecule has 0 saturated heterocycles. The van der Waals surface area contributed by atoms with Crippen LogP contribution >= 0.6 is 22.7 Å². The van der Waals surface area contributed by atoms with E-state index in [4.69, 9.17) is 0 Å². The second-order valence-corrected chi connectivity index (χ2v) is 24.9. The van der Waals surface area contributed by atoms with Gasteiger partial charge in [0, 0.05) is 68.1 Å². The van der Waals surface area contributed by atoms with Crippen molar-refractivity contribution in [2.24, 2.45) is 0 Å². The van der Waals surface area contributed by atoms with Crippen LogP contribution in [0.4, 0.5) is 0 Å². The van der Waals surface area contributed by atoms with Gasteiger partial charge in [0.1, 0.15) is 0 Å². The molecule has 0 atom stereocenters. The van der Waals surface area contributed by atoms with Gasteiger partial charge in [0.15, 0.2) is 0 Å². The number of thiophene rings is 2. The molecule has 0 saturated carbocycles. The van der Waals surface area contributed by atoms with Gasteiger partial charge in [-0.25, -0.2) is 0 Å². The molecule has 16 aromatic rings. The molecule has 0 unspecified atom stereocenters. The number of fused-ring (bicyclic) bond motifs is 12. The molecule has 0 aliphatic heterocycles. The van der Waals surface area contributed by atoms with Crippen LogP contribution in [-0.2, 0) is 0 Å². The SMILES string of the molecule is C=CC(c1cccc2c1sc1c(-c3ccc4c(c3)c3c(n4-c4ccc(-c5c6ccccc6c(-c6ccccc6)c6ccccc56)cc4)C=CCC(c4cccc5c4sc4c(-c6cccc7ccccc67)cccc45)=C3)cccc12)=c1ccccc1=CC. The van der Waals surface area contributed by atoms with Crippen molar-refractivity contribution in [2.75, 3.05) is 0 Å². The summed E-state index contributed by atoms with van der Waals surface area (Å²) in [7, 11) is 0. The van der Waals surface area contributed by atoms with E-state index in [0.717, 1.165) is 17.7 Å². The third-order valence-electron chi connectivity index (χ3n) is 18.2. The van der Waals surface area contributed by atoms with Crippen LogP contribution in [-0.4, -0.2) is 4.57 Å². The van der Waals surface area contributed by atoms with Crippen molar-refractivity contribution in [3.05, 3.63) is 312 Å². The van der Waals surface area contributed by atoms with E-state index in [0.29, 0.717) is 0 Å². The summed E-state index contributed by atoms with van der Waals surface area (Å²) in [5, 5.41) is 16.3. The first kappa shape index (κ1) is 51.0. The zero-order valence-electron chi connectivity index (χ0n) is 47.9. The maximum atomic E-state index is 4.38. The monoisotopic (exact) mass is 1140 g/mol. The Morgan fingerprint density at radius 1 is 0.425 bits per heavy atom. The van der Waals surface area contributed by atoms with Crippen molar-refractivity contribution in [2.45, 2.75) is 13.3 Å². The molecule has 17 rings (SSSR count). The number of hydrogen-bond donors (Lipinski definition) is 0. The van der Waals surface area contributed by atoms with Gasteiger partial charge in [0.25, 0.3) is 0 Å². The second-order valence-electron chi connectivity index (χ2n) is 22.8. The summed E-state index contributed by atoms with van der Waals surface area (Å²) in [6.45, 7) is 6.49. The Balaban J connectivity index is 0.866. The van der Waals surface area contributed by atoms with Crippen LogP contribution < -0.4 is 10.4 Å². The summed E-state index contributed by atoms with van der Waals surface area (Å²) in [5.41, 5.74) is 19.6. The molecule has 0 N–H and O–H groups in total. The van der Waals surface area contributed by atoms with E-state index in [1.54, 1.807) is 0 Å². The largest absolute Gasteiger partial charge is 0.309 e. The third kappa shape index (κ3) is 8.11. The molecule has 0 spiro atoms. The maximum absolute atomic E-state index is 4.38.